The molecule has 0 aliphatic rings. The number of hydrogen-bond donors (Lipinski definition) is 2. The smallest absolute Gasteiger partial charge is 0.123 e. The van der Waals surface area contributed by atoms with Crippen molar-refractivity contribution in [2.75, 3.05) is 0 Å². The molecular weight excluding hydrogens is 440 g/mol. The normalized spacial score (nSPS) is 11.3. The van der Waals surface area contributed by atoms with Crippen molar-refractivity contribution in [3.05, 3.63) is 109 Å². The van der Waals surface area contributed by atoms with Crippen LogP contribution in [0.4, 0.5) is 0 Å². The van der Waals surface area contributed by atoms with Crippen molar-refractivity contribution >= 4 is 64.6 Å². The second-order valence-corrected chi connectivity index (χ2v) is 8.88. The van der Waals surface area contributed by atoms with Crippen molar-refractivity contribution in [3.63, 3.8) is 0 Å². The molecule has 0 spiro atoms. The van der Waals surface area contributed by atoms with Gasteiger partial charge < -0.3 is 10.2 Å². The van der Waals surface area contributed by atoms with Gasteiger partial charge in [-0.05, 0) is 55.2 Å². The number of phenols is 2. The topological polar surface area (TPSA) is 40.5 Å². The number of hydrogen-bond acceptors (Lipinski definition) is 2. The summed E-state index contributed by atoms with van der Waals surface area (Å²) in [5, 5.41) is 33.9. The Labute approximate surface area is 209 Å². The number of rotatable bonds is 0. The van der Waals surface area contributed by atoms with Gasteiger partial charge in [0, 0.05) is 21.5 Å². The molecule has 8 rings (SSSR count). The molecule has 0 saturated carbocycles. The van der Waals surface area contributed by atoms with Crippen molar-refractivity contribution < 1.29 is 10.2 Å². The third-order valence-corrected chi connectivity index (χ3v) is 7.01. The fraction of sp³-hybridized carbons (Fsp3) is 0.0588. The van der Waals surface area contributed by atoms with Crippen molar-refractivity contribution in [3.8, 4) is 11.5 Å². The van der Waals surface area contributed by atoms with Gasteiger partial charge in [0.15, 0.2) is 0 Å². The molecule has 8 aromatic rings. The number of benzene rings is 8. The van der Waals surface area contributed by atoms with Crippen LogP contribution in [-0.2, 0) is 0 Å². The lowest BCUT2D eigenvalue weighted by molar-refractivity contribution is 0.481. The highest BCUT2D eigenvalue weighted by Crippen LogP contribution is 2.40. The Kier molecular flexibility index (Phi) is 5.23. The fourth-order valence-corrected chi connectivity index (χ4v) is 5.44. The van der Waals surface area contributed by atoms with E-state index in [0.717, 1.165) is 32.3 Å². The summed E-state index contributed by atoms with van der Waals surface area (Å²) in [4.78, 5) is 0. The Morgan fingerprint density at radius 2 is 0.611 bits per heavy atom. The first-order valence-corrected chi connectivity index (χ1v) is 12.4. The minimum Gasteiger partial charge on any atom is -0.507 e. The molecule has 0 unspecified atom stereocenters. The van der Waals surface area contributed by atoms with Crippen LogP contribution in [0.1, 0.15) is 13.8 Å². The van der Waals surface area contributed by atoms with Crippen LogP contribution in [0, 0.1) is 0 Å². The Morgan fingerprint density at radius 3 is 0.972 bits per heavy atom. The summed E-state index contributed by atoms with van der Waals surface area (Å²) in [6.07, 6.45) is 0. The highest BCUT2D eigenvalue weighted by Gasteiger charge is 2.12. The van der Waals surface area contributed by atoms with Gasteiger partial charge in [0.1, 0.15) is 11.5 Å². The Hall–Kier alpha value is -4.56. The van der Waals surface area contributed by atoms with E-state index >= 15 is 0 Å². The number of aromatic hydroxyl groups is 2. The summed E-state index contributed by atoms with van der Waals surface area (Å²) in [5.74, 6) is 0.556. The van der Waals surface area contributed by atoms with Gasteiger partial charge in [0.25, 0.3) is 0 Å². The third kappa shape index (κ3) is 3.26. The zero-order valence-corrected chi connectivity index (χ0v) is 20.3. The summed E-state index contributed by atoms with van der Waals surface area (Å²) in [7, 11) is 0. The molecule has 0 atom stereocenters. The van der Waals surface area contributed by atoms with E-state index in [0.29, 0.717) is 0 Å². The van der Waals surface area contributed by atoms with Gasteiger partial charge in [-0.3, -0.25) is 0 Å². The maximum atomic E-state index is 9.95. The molecule has 0 aromatic heterocycles. The first-order valence-electron chi connectivity index (χ1n) is 12.4. The Balaban J connectivity index is 0.000000126. The Bertz CT molecular complexity index is 1780. The van der Waals surface area contributed by atoms with E-state index < -0.39 is 0 Å². The highest BCUT2D eigenvalue weighted by atomic mass is 16.3. The van der Waals surface area contributed by atoms with E-state index in [1.807, 2.05) is 50.2 Å². The third-order valence-electron chi connectivity index (χ3n) is 7.01. The summed E-state index contributed by atoms with van der Waals surface area (Å²) >= 11 is 0. The molecule has 8 aromatic carbocycles. The van der Waals surface area contributed by atoms with E-state index in [2.05, 4.69) is 60.7 Å². The predicted molar refractivity (Wildman–Crippen MR) is 155 cm³/mol. The van der Waals surface area contributed by atoms with Crippen LogP contribution >= 0.6 is 0 Å². The number of phenolic OH excluding ortho intramolecular Hbond substituents is 2. The zero-order valence-electron chi connectivity index (χ0n) is 20.3. The summed E-state index contributed by atoms with van der Waals surface area (Å²) in [6.45, 7) is 4.00. The van der Waals surface area contributed by atoms with Crippen molar-refractivity contribution in [2.45, 2.75) is 13.8 Å². The molecule has 2 nitrogen and oxygen atoms in total. The van der Waals surface area contributed by atoms with Gasteiger partial charge in [-0.1, -0.05) is 111 Å². The van der Waals surface area contributed by atoms with Crippen LogP contribution in [-0.4, -0.2) is 10.2 Å². The summed E-state index contributed by atoms with van der Waals surface area (Å²) < 4.78 is 0. The van der Waals surface area contributed by atoms with Crippen LogP contribution in [0.5, 0.6) is 11.5 Å². The molecule has 0 heterocycles. The maximum Gasteiger partial charge on any atom is 0.123 e. The average molecular weight is 467 g/mol. The standard InChI is InChI=1S/C16H10O2.C16H10.C2H6/c17-13-8-4-10-2-6-12-14(18)7-3-9-1-5-11(13)16(10)15(9)12;1-3-11-7-9-13-5-2-6-14-10-8-12(4-1)15(11)16(13)14;1-2/h1-8,17-18H;1-10H;1-2H3. The molecule has 0 bridgehead atoms. The van der Waals surface area contributed by atoms with Gasteiger partial charge in [-0.2, -0.15) is 0 Å². The highest BCUT2D eigenvalue weighted by molar-refractivity contribution is 6.25. The molecule has 0 saturated heterocycles. The molecule has 2 N–H and O–H groups in total. The van der Waals surface area contributed by atoms with Crippen LogP contribution in [0.25, 0.3) is 64.6 Å². The van der Waals surface area contributed by atoms with Crippen molar-refractivity contribution in [1.29, 1.82) is 0 Å². The summed E-state index contributed by atoms with van der Waals surface area (Å²) in [5.41, 5.74) is 0. The van der Waals surface area contributed by atoms with Crippen LogP contribution < -0.4 is 0 Å². The minimum absolute atomic E-state index is 0.278. The van der Waals surface area contributed by atoms with E-state index in [9.17, 15) is 10.2 Å². The van der Waals surface area contributed by atoms with Crippen LogP contribution in [0.2, 0.25) is 0 Å². The lowest BCUT2D eigenvalue weighted by Gasteiger charge is -2.12. The average Bonchev–Trinajstić information content (AvgIpc) is 2.94. The molecular formula is C34H26O2. The first kappa shape index (κ1) is 21.9. The summed E-state index contributed by atoms with van der Waals surface area (Å²) in [6, 6.07) is 36.9. The van der Waals surface area contributed by atoms with Crippen molar-refractivity contribution in [2.24, 2.45) is 0 Å². The molecule has 0 aliphatic carbocycles. The van der Waals surface area contributed by atoms with Gasteiger partial charge in [0.2, 0.25) is 0 Å². The Morgan fingerprint density at radius 1 is 0.333 bits per heavy atom. The van der Waals surface area contributed by atoms with Crippen molar-refractivity contribution in [1.82, 2.24) is 0 Å². The molecule has 174 valence electrons. The predicted octanol–water partition coefficient (Wildman–Crippen LogP) is 9.61. The molecule has 0 radical (unpaired) electrons. The molecule has 0 amide bonds. The van der Waals surface area contributed by atoms with Gasteiger partial charge in [0.05, 0.1) is 0 Å². The zero-order chi connectivity index (χ0) is 24.8. The monoisotopic (exact) mass is 466 g/mol. The van der Waals surface area contributed by atoms with E-state index in [1.165, 1.54) is 32.3 Å². The van der Waals surface area contributed by atoms with Gasteiger partial charge >= 0.3 is 0 Å². The lowest BCUT2D eigenvalue weighted by Crippen LogP contribution is -1.84. The van der Waals surface area contributed by atoms with Gasteiger partial charge in [-0.15, -0.1) is 0 Å². The van der Waals surface area contributed by atoms with E-state index in [4.69, 9.17) is 0 Å². The molecule has 0 aliphatic heterocycles. The van der Waals surface area contributed by atoms with Crippen LogP contribution in [0.15, 0.2) is 109 Å². The molecule has 36 heavy (non-hydrogen) atoms. The molecule has 2 heteroatoms. The van der Waals surface area contributed by atoms with E-state index in [-0.39, 0.29) is 11.5 Å². The van der Waals surface area contributed by atoms with E-state index in [1.54, 1.807) is 12.1 Å². The molecule has 0 fully saturated rings. The van der Waals surface area contributed by atoms with Gasteiger partial charge in [-0.25, -0.2) is 0 Å². The fourth-order valence-electron chi connectivity index (χ4n) is 5.44. The second kappa shape index (κ2) is 8.58. The first-order chi connectivity index (χ1) is 17.7. The lowest BCUT2D eigenvalue weighted by atomic mass is 9.93. The SMILES string of the molecule is CC.Oc1ccc2ccc3c(O)ccc4ccc1c2c43.c1cc2ccc3cccc4ccc(c1)c2c34. The van der Waals surface area contributed by atoms with Crippen LogP contribution in [0.3, 0.4) is 0 Å². The minimum atomic E-state index is 0.278. The maximum absolute atomic E-state index is 9.95. The quantitative estimate of drug-likeness (QED) is 0.218. The second-order valence-electron chi connectivity index (χ2n) is 8.88. The largest absolute Gasteiger partial charge is 0.507 e.